The summed E-state index contributed by atoms with van der Waals surface area (Å²) in [5, 5.41) is 15.0. The molecule has 0 aliphatic heterocycles. The summed E-state index contributed by atoms with van der Waals surface area (Å²) in [6, 6.07) is 6.84. The first kappa shape index (κ1) is 14.6. The van der Waals surface area contributed by atoms with Crippen molar-refractivity contribution in [1.29, 1.82) is 0 Å². The lowest BCUT2D eigenvalue weighted by Gasteiger charge is -2.09. The molecular formula is C14H17N3O2S. The first-order valence-electron chi connectivity index (χ1n) is 6.55. The van der Waals surface area contributed by atoms with E-state index in [-0.39, 0.29) is 16.7 Å². The highest BCUT2D eigenvalue weighted by Crippen LogP contribution is 2.30. The Kier molecular flexibility index (Phi) is 4.81. The van der Waals surface area contributed by atoms with Gasteiger partial charge in [-0.25, -0.2) is 4.98 Å². The van der Waals surface area contributed by atoms with Crippen molar-refractivity contribution in [3.63, 3.8) is 0 Å². The van der Waals surface area contributed by atoms with E-state index in [9.17, 15) is 10.1 Å². The molecule has 0 aliphatic rings. The second-order valence-corrected chi connectivity index (χ2v) is 5.61. The average Bonchev–Trinajstić information content (AvgIpc) is 2.94. The topological polar surface area (TPSA) is 68.1 Å². The van der Waals surface area contributed by atoms with E-state index in [2.05, 4.69) is 24.1 Å². The molecule has 2 rings (SSSR count). The van der Waals surface area contributed by atoms with Crippen LogP contribution < -0.4 is 5.32 Å². The van der Waals surface area contributed by atoms with Gasteiger partial charge in [-0.15, -0.1) is 11.3 Å². The molecule has 0 amide bonds. The highest BCUT2D eigenvalue weighted by molar-refractivity contribution is 7.15. The van der Waals surface area contributed by atoms with E-state index in [1.807, 2.05) is 12.3 Å². The summed E-state index contributed by atoms with van der Waals surface area (Å²) in [7, 11) is 0. The van der Waals surface area contributed by atoms with Crippen LogP contribution in [0.1, 0.15) is 31.2 Å². The minimum absolute atomic E-state index is 0.0939. The molecular weight excluding hydrogens is 274 g/mol. The van der Waals surface area contributed by atoms with Crippen molar-refractivity contribution in [1.82, 2.24) is 10.3 Å². The van der Waals surface area contributed by atoms with Gasteiger partial charge in [0.1, 0.15) is 5.01 Å². The molecule has 0 spiro atoms. The van der Waals surface area contributed by atoms with E-state index in [4.69, 9.17) is 0 Å². The SMILES string of the molecule is CCCNC(C)c1cnc(-c2cccc([N+](=O)[O-])c2)s1. The predicted molar refractivity (Wildman–Crippen MR) is 80.9 cm³/mol. The van der Waals surface area contributed by atoms with E-state index >= 15 is 0 Å². The molecule has 0 radical (unpaired) electrons. The van der Waals surface area contributed by atoms with Crippen molar-refractivity contribution >= 4 is 17.0 Å². The zero-order valence-corrected chi connectivity index (χ0v) is 12.3. The lowest BCUT2D eigenvalue weighted by Crippen LogP contribution is -2.18. The monoisotopic (exact) mass is 291 g/mol. The van der Waals surface area contributed by atoms with Crippen LogP contribution in [0.2, 0.25) is 0 Å². The number of rotatable bonds is 6. The Balaban J connectivity index is 2.20. The Bertz CT molecular complexity index is 598. The van der Waals surface area contributed by atoms with Crippen molar-refractivity contribution in [3.05, 3.63) is 45.5 Å². The maximum atomic E-state index is 10.8. The molecule has 1 N–H and O–H groups in total. The van der Waals surface area contributed by atoms with Gasteiger partial charge in [0.15, 0.2) is 0 Å². The molecule has 0 saturated carbocycles. The number of aromatic nitrogens is 1. The molecule has 1 atom stereocenters. The third kappa shape index (κ3) is 3.40. The largest absolute Gasteiger partial charge is 0.309 e. The van der Waals surface area contributed by atoms with E-state index in [0.29, 0.717) is 0 Å². The smallest absolute Gasteiger partial charge is 0.270 e. The van der Waals surface area contributed by atoms with Crippen molar-refractivity contribution in [2.24, 2.45) is 0 Å². The molecule has 1 unspecified atom stereocenters. The molecule has 1 aromatic heterocycles. The Morgan fingerprint density at radius 2 is 2.30 bits per heavy atom. The molecule has 106 valence electrons. The van der Waals surface area contributed by atoms with E-state index in [0.717, 1.165) is 28.4 Å². The van der Waals surface area contributed by atoms with Crippen molar-refractivity contribution < 1.29 is 4.92 Å². The second kappa shape index (κ2) is 6.58. The fourth-order valence-corrected chi connectivity index (χ4v) is 2.77. The summed E-state index contributed by atoms with van der Waals surface area (Å²) in [6.45, 7) is 5.19. The Hall–Kier alpha value is -1.79. The van der Waals surface area contributed by atoms with Gasteiger partial charge >= 0.3 is 0 Å². The predicted octanol–water partition coefficient (Wildman–Crippen LogP) is 3.78. The summed E-state index contributed by atoms with van der Waals surface area (Å²) >= 11 is 1.57. The standard InChI is InChI=1S/C14H17N3O2S/c1-3-7-15-10(2)13-9-16-14(20-13)11-5-4-6-12(8-11)17(18)19/h4-6,8-10,15H,3,7H2,1-2H3. The molecule has 6 heteroatoms. The number of thiazole rings is 1. The summed E-state index contributed by atoms with van der Waals surface area (Å²) in [4.78, 5) is 15.9. The number of nitrogens with zero attached hydrogens (tertiary/aromatic N) is 2. The van der Waals surface area contributed by atoms with Gasteiger partial charge in [-0.2, -0.15) is 0 Å². The first-order valence-corrected chi connectivity index (χ1v) is 7.37. The van der Waals surface area contributed by atoms with E-state index in [1.165, 1.54) is 6.07 Å². The highest BCUT2D eigenvalue weighted by Gasteiger charge is 2.12. The van der Waals surface area contributed by atoms with Gasteiger partial charge in [-0.3, -0.25) is 10.1 Å². The van der Waals surface area contributed by atoms with Crippen LogP contribution in [0.15, 0.2) is 30.5 Å². The third-order valence-electron chi connectivity index (χ3n) is 2.95. The number of benzene rings is 1. The van der Waals surface area contributed by atoms with E-state index < -0.39 is 0 Å². The first-order chi connectivity index (χ1) is 9.61. The van der Waals surface area contributed by atoms with Gasteiger partial charge in [0.25, 0.3) is 5.69 Å². The molecule has 1 heterocycles. The minimum Gasteiger partial charge on any atom is -0.309 e. The number of nitrogens with one attached hydrogen (secondary N) is 1. The summed E-state index contributed by atoms with van der Waals surface area (Å²) in [5.41, 5.74) is 0.884. The van der Waals surface area contributed by atoms with Crippen molar-refractivity contribution in [2.45, 2.75) is 26.3 Å². The van der Waals surface area contributed by atoms with E-state index in [1.54, 1.807) is 23.5 Å². The van der Waals surface area contributed by atoms with Gasteiger partial charge in [0.05, 0.1) is 4.92 Å². The van der Waals surface area contributed by atoms with Crippen LogP contribution in [0, 0.1) is 10.1 Å². The summed E-state index contributed by atoms with van der Waals surface area (Å²) in [5.74, 6) is 0. The Morgan fingerprint density at radius 1 is 1.50 bits per heavy atom. The maximum Gasteiger partial charge on any atom is 0.270 e. The Labute approximate surface area is 121 Å². The number of hydrogen-bond acceptors (Lipinski definition) is 5. The second-order valence-electron chi connectivity index (χ2n) is 4.55. The van der Waals surface area contributed by atoms with Crippen LogP contribution in [0.3, 0.4) is 0 Å². The third-order valence-corrected chi connectivity index (χ3v) is 4.18. The molecule has 0 bridgehead atoms. The van der Waals surface area contributed by atoms with Gasteiger partial charge in [-0.1, -0.05) is 19.1 Å². The molecule has 1 aromatic carbocycles. The Morgan fingerprint density at radius 3 is 3.00 bits per heavy atom. The molecule has 0 fully saturated rings. The van der Waals surface area contributed by atoms with Crippen LogP contribution in [-0.4, -0.2) is 16.5 Å². The van der Waals surface area contributed by atoms with Gasteiger partial charge in [0, 0.05) is 34.8 Å². The minimum atomic E-state index is -0.385. The summed E-state index contributed by atoms with van der Waals surface area (Å²) < 4.78 is 0. The normalized spacial score (nSPS) is 12.3. The van der Waals surface area contributed by atoms with Crippen molar-refractivity contribution in [2.75, 3.05) is 6.54 Å². The number of nitro groups is 1. The number of hydrogen-bond donors (Lipinski definition) is 1. The number of nitro benzene ring substituents is 1. The van der Waals surface area contributed by atoms with Crippen LogP contribution in [0.5, 0.6) is 0 Å². The molecule has 5 nitrogen and oxygen atoms in total. The zero-order valence-electron chi connectivity index (χ0n) is 11.5. The molecule has 0 saturated heterocycles. The van der Waals surface area contributed by atoms with Gasteiger partial charge in [0.2, 0.25) is 0 Å². The molecule has 2 aromatic rings. The van der Waals surface area contributed by atoms with Crippen LogP contribution in [0.25, 0.3) is 10.6 Å². The number of non-ortho nitro benzene ring substituents is 1. The van der Waals surface area contributed by atoms with Gasteiger partial charge < -0.3 is 5.32 Å². The lowest BCUT2D eigenvalue weighted by atomic mass is 10.2. The van der Waals surface area contributed by atoms with Gasteiger partial charge in [-0.05, 0) is 19.9 Å². The fourth-order valence-electron chi connectivity index (χ4n) is 1.83. The molecule has 20 heavy (non-hydrogen) atoms. The van der Waals surface area contributed by atoms with Crippen LogP contribution in [0.4, 0.5) is 5.69 Å². The van der Waals surface area contributed by atoms with Crippen molar-refractivity contribution in [3.8, 4) is 10.6 Å². The van der Waals surface area contributed by atoms with Crippen LogP contribution in [-0.2, 0) is 0 Å². The summed E-state index contributed by atoms with van der Waals surface area (Å²) in [6.07, 6.45) is 2.92. The quantitative estimate of drug-likeness (QED) is 0.649. The molecule has 0 aliphatic carbocycles. The zero-order chi connectivity index (χ0) is 14.5. The average molecular weight is 291 g/mol. The maximum absolute atomic E-state index is 10.8. The lowest BCUT2D eigenvalue weighted by molar-refractivity contribution is -0.384. The van der Waals surface area contributed by atoms with Crippen LogP contribution >= 0.6 is 11.3 Å². The highest BCUT2D eigenvalue weighted by atomic mass is 32.1. The fraction of sp³-hybridized carbons (Fsp3) is 0.357.